The molecule has 3 nitrogen and oxygen atoms in total. The molecule has 0 spiro atoms. The normalized spacial score (nSPS) is 14.2. The smallest absolute Gasteiger partial charge is 0.377 e. The van der Waals surface area contributed by atoms with Crippen LogP contribution in [0.15, 0.2) is 35.1 Å². The zero-order chi connectivity index (χ0) is 9.54. The molecule has 0 aromatic carbocycles. The van der Waals surface area contributed by atoms with Gasteiger partial charge in [-0.05, 0) is 18.2 Å². The summed E-state index contributed by atoms with van der Waals surface area (Å²) in [6.07, 6.45) is 5.90. The second kappa shape index (κ2) is 2.61. The van der Waals surface area contributed by atoms with Crippen LogP contribution in [0, 0.1) is 0 Å². The van der Waals surface area contributed by atoms with Gasteiger partial charge in [0.15, 0.2) is 6.21 Å². The number of hydrogen-bond donors (Lipinski definition) is 0. The maximum absolute atomic E-state index is 5.43. The summed E-state index contributed by atoms with van der Waals surface area (Å²) in [5.74, 6) is 0.939. The van der Waals surface area contributed by atoms with Crippen molar-refractivity contribution in [3.8, 4) is 0 Å². The van der Waals surface area contributed by atoms with Crippen molar-refractivity contribution >= 4 is 12.1 Å². The van der Waals surface area contributed by atoms with Gasteiger partial charge in [-0.3, -0.25) is 0 Å². The molecule has 0 saturated heterocycles. The van der Waals surface area contributed by atoms with Crippen LogP contribution in [0.1, 0.15) is 11.3 Å². The van der Waals surface area contributed by atoms with Gasteiger partial charge in [-0.2, -0.15) is 4.58 Å². The lowest BCUT2D eigenvalue weighted by Gasteiger charge is -1.98. The van der Waals surface area contributed by atoms with Crippen molar-refractivity contribution in [2.75, 3.05) is 7.05 Å². The van der Waals surface area contributed by atoms with E-state index in [9.17, 15) is 0 Å². The first-order valence-corrected chi connectivity index (χ1v) is 4.64. The molecule has 2 aromatic rings. The van der Waals surface area contributed by atoms with E-state index in [0.29, 0.717) is 0 Å². The summed E-state index contributed by atoms with van der Waals surface area (Å²) in [5.41, 5.74) is 2.43. The molecule has 0 amide bonds. The van der Waals surface area contributed by atoms with Crippen molar-refractivity contribution < 1.29 is 8.99 Å². The molecule has 0 radical (unpaired) electrons. The zero-order valence-corrected chi connectivity index (χ0v) is 7.97. The molecule has 0 bridgehead atoms. The topological polar surface area (TPSA) is 21.1 Å². The van der Waals surface area contributed by atoms with Gasteiger partial charge in [-0.25, -0.2) is 0 Å². The molecule has 3 rings (SSSR count). The van der Waals surface area contributed by atoms with Crippen LogP contribution in [0.4, 0.5) is 5.88 Å². The Kier molecular flexibility index (Phi) is 1.42. The molecule has 0 unspecified atom stereocenters. The Balaban J connectivity index is 2.26. The molecule has 0 aliphatic carbocycles. The highest BCUT2D eigenvalue weighted by Gasteiger charge is 2.20. The first-order chi connectivity index (χ1) is 6.84. The molecule has 3 heteroatoms. The second-order valence-corrected chi connectivity index (χ2v) is 3.55. The van der Waals surface area contributed by atoms with Crippen LogP contribution >= 0.6 is 0 Å². The Morgan fingerprint density at radius 1 is 1.43 bits per heavy atom. The maximum Gasteiger partial charge on any atom is 0.377 e. The van der Waals surface area contributed by atoms with Gasteiger partial charge in [0, 0.05) is 6.20 Å². The molecule has 2 aromatic heterocycles. The van der Waals surface area contributed by atoms with Crippen LogP contribution in [0.25, 0.3) is 0 Å². The van der Waals surface area contributed by atoms with Gasteiger partial charge in [-0.15, -0.1) is 0 Å². The van der Waals surface area contributed by atoms with Gasteiger partial charge in [0.1, 0.15) is 12.7 Å². The van der Waals surface area contributed by atoms with Crippen LogP contribution in [0.3, 0.4) is 0 Å². The third-order valence-electron chi connectivity index (χ3n) is 2.58. The highest BCUT2D eigenvalue weighted by atomic mass is 16.3. The minimum absolute atomic E-state index is 0.884. The number of fused-ring (bicyclic) bond motifs is 2. The lowest BCUT2D eigenvalue weighted by molar-refractivity contribution is -0.416. The summed E-state index contributed by atoms with van der Waals surface area (Å²) in [6.45, 7) is 0.884. The summed E-state index contributed by atoms with van der Waals surface area (Å²) < 4.78 is 9.66. The van der Waals surface area contributed by atoms with E-state index in [-0.39, 0.29) is 0 Å². The third kappa shape index (κ3) is 0.954. The Morgan fingerprint density at radius 3 is 3.29 bits per heavy atom. The number of aromatic nitrogens is 1. The fourth-order valence-electron chi connectivity index (χ4n) is 1.89. The fraction of sp³-hybridized carbons (Fsp3) is 0.182. The summed E-state index contributed by atoms with van der Waals surface area (Å²) in [6, 6.07) is 6.18. The second-order valence-electron chi connectivity index (χ2n) is 3.55. The van der Waals surface area contributed by atoms with Crippen molar-refractivity contribution in [3.63, 3.8) is 0 Å². The number of furan rings is 1. The van der Waals surface area contributed by atoms with E-state index in [1.165, 1.54) is 11.3 Å². The fourth-order valence-corrected chi connectivity index (χ4v) is 1.89. The van der Waals surface area contributed by atoms with Crippen LogP contribution in [0.2, 0.25) is 0 Å². The van der Waals surface area contributed by atoms with Crippen LogP contribution in [-0.4, -0.2) is 22.4 Å². The average molecular weight is 187 g/mol. The SMILES string of the molecule is C[N+]1=Cc2cccn2Cc2ccoc21. The number of nitrogens with zero attached hydrogens (tertiary/aromatic N) is 2. The maximum atomic E-state index is 5.43. The molecule has 3 heterocycles. The van der Waals surface area contributed by atoms with Gasteiger partial charge in [0.05, 0.1) is 18.4 Å². The van der Waals surface area contributed by atoms with Gasteiger partial charge in [0.25, 0.3) is 0 Å². The molecule has 0 atom stereocenters. The van der Waals surface area contributed by atoms with E-state index in [0.717, 1.165) is 12.4 Å². The van der Waals surface area contributed by atoms with Crippen LogP contribution < -0.4 is 0 Å². The summed E-state index contributed by atoms with van der Waals surface area (Å²) in [5, 5.41) is 0. The lowest BCUT2D eigenvalue weighted by atomic mass is 10.3. The third-order valence-corrected chi connectivity index (χ3v) is 2.58. The number of hydrogen-bond acceptors (Lipinski definition) is 1. The van der Waals surface area contributed by atoms with Crippen molar-refractivity contribution in [1.82, 2.24) is 4.57 Å². The number of rotatable bonds is 0. The van der Waals surface area contributed by atoms with Crippen LogP contribution in [-0.2, 0) is 6.54 Å². The molecule has 1 aliphatic rings. The first-order valence-electron chi connectivity index (χ1n) is 4.64. The van der Waals surface area contributed by atoms with Gasteiger partial charge >= 0.3 is 5.88 Å². The Bertz CT molecular complexity index is 505. The highest BCUT2D eigenvalue weighted by Crippen LogP contribution is 2.23. The van der Waals surface area contributed by atoms with E-state index in [1.54, 1.807) is 6.26 Å². The molecule has 70 valence electrons. The van der Waals surface area contributed by atoms with E-state index in [1.807, 2.05) is 17.7 Å². The Labute approximate surface area is 81.9 Å². The largest absolute Gasteiger partial charge is 0.413 e. The van der Waals surface area contributed by atoms with Crippen molar-refractivity contribution in [2.45, 2.75) is 6.54 Å². The average Bonchev–Trinajstić information content (AvgIpc) is 2.75. The molecule has 0 N–H and O–H groups in total. The molecule has 14 heavy (non-hydrogen) atoms. The molecular formula is C11H11N2O+. The first kappa shape index (κ1) is 7.62. The minimum Gasteiger partial charge on any atom is -0.413 e. The van der Waals surface area contributed by atoms with E-state index >= 15 is 0 Å². The van der Waals surface area contributed by atoms with Crippen molar-refractivity contribution in [2.24, 2.45) is 0 Å². The summed E-state index contributed by atoms with van der Waals surface area (Å²) in [7, 11) is 2.00. The quantitative estimate of drug-likeness (QED) is 0.576. The molecule has 0 fully saturated rings. The van der Waals surface area contributed by atoms with Crippen molar-refractivity contribution in [3.05, 3.63) is 41.9 Å². The van der Waals surface area contributed by atoms with Crippen LogP contribution in [0.5, 0.6) is 0 Å². The van der Waals surface area contributed by atoms with Gasteiger partial charge < -0.3 is 8.98 Å². The Morgan fingerprint density at radius 2 is 2.36 bits per heavy atom. The summed E-state index contributed by atoms with van der Waals surface area (Å²) >= 11 is 0. The van der Waals surface area contributed by atoms with Crippen molar-refractivity contribution in [1.29, 1.82) is 0 Å². The predicted octanol–water partition coefficient (Wildman–Crippen LogP) is 1.84. The van der Waals surface area contributed by atoms with E-state index < -0.39 is 0 Å². The predicted molar refractivity (Wildman–Crippen MR) is 53.3 cm³/mol. The molecular weight excluding hydrogens is 176 g/mol. The van der Waals surface area contributed by atoms with E-state index in [4.69, 9.17) is 4.42 Å². The lowest BCUT2D eigenvalue weighted by Crippen LogP contribution is -2.01. The Hall–Kier alpha value is -1.77. The molecule has 1 aliphatic heterocycles. The zero-order valence-electron chi connectivity index (χ0n) is 7.97. The molecule has 0 saturated carbocycles. The highest BCUT2D eigenvalue weighted by molar-refractivity contribution is 5.74. The summed E-state index contributed by atoms with van der Waals surface area (Å²) in [4.78, 5) is 0. The standard InChI is InChI=1S/C11H11N2O/c1-12-8-10-3-2-5-13(10)7-9-4-6-14-11(9)12/h2-6,8H,7H2,1H3/q+1. The van der Waals surface area contributed by atoms with E-state index in [2.05, 4.69) is 29.1 Å². The van der Waals surface area contributed by atoms with Gasteiger partial charge in [0.2, 0.25) is 0 Å². The van der Waals surface area contributed by atoms with Gasteiger partial charge in [-0.1, -0.05) is 0 Å². The monoisotopic (exact) mass is 187 g/mol. The minimum atomic E-state index is 0.884.